The van der Waals surface area contributed by atoms with Crippen LogP contribution >= 0.6 is 35.6 Å². The quantitative estimate of drug-likeness (QED) is 0.858. The average Bonchev–Trinajstić information content (AvgIpc) is 2.52. The van der Waals surface area contributed by atoms with Crippen molar-refractivity contribution in [2.45, 2.75) is 0 Å². The zero-order valence-electron chi connectivity index (χ0n) is 12.5. The molecule has 1 amide bonds. The lowest BCUT2D eigenvalue weighted by Gasteiger charge is -2.23. The van der Waals surface area contributed by atoms with E-state index in [0.717, 1.165) is 5.69 Å². The monoisotopic (exact) mass is 374 g/mol. The van der Waals surface area contributed by atoms with Crippen LogP contribution in [0.15, 0.2) is 42.5 Å². The molecular weight excluding hydrogens is 359 g/mol. The van der Waals surface area contributed by atoms with Gasteiger partial charge in [0.15, 0.2) is 0 Å². The molecule has 2 aromatic carbocycles. The molecule has 2 rings (SSSR count). The van der Waals surface area contributed by atoms with Crippen molar-refractivity contribution >= 4 is 47.2 Å². The van der Waals surface area contributed by atoms with E-state index in [2.05, 4.69) is 0 Å². The summed E-state index contributed by atoms with van der Waals surface area (Å²) in [6.45, 7) is 0.715. The number of nitrogens with zero attached hydrogens (tertiary/aromatic N) is 1. The van der Waals surface area contributed by atoms with Crippen LogP contribution in [0.4, 0.5) is 5.69 Å². The van der Waals surface area contributed by atoms with Crippen LogP contribution in [0.2, 0.25) is 10.0 Å². The SMILES string of the molecule is COc1ccc(N(CCN)C(=O)c2ccc(Cl)cc2Cl)cc1.Cl. The Kier molecular flexibility index (Phi) is 7.65. The average molecular weight is 376 g/mol. The van der Waals surface area contributed by atoms with Crippen molar-refractivity contribution < 1.29 is 9.53 Å². The molecule has 0 aliphatic carbocycles. The molecule has 0 bridgehead atoms. The first kappa shape index (κ1) is 19.6. The summed E-state index contributed by atoms with van der Waals surface area (Å²) < 4.78 is 5.12. The van der Waals surface area contributed by atoms with Crippen LogP contribution in [0.3, 0.4) is 0 Å². The highest BCUT2D eigenvalue weighted by Crippen LogP contribution is 2.25. The molecule has 0 heterocycles. The lowest BCUT2D eigenvalue weighted by atomic mass is 10.1. The smallest absolute Gasteiger partial charge is 0.259 e. The second-order valence-corrected chi connectivity index (χ2v) is 5.41. The Morgan fingerprint density at radius 2 is 1.83 bits per heavy atom. The summed E-state index contributed by atoms with van der Waals surface area (Å²) in [5, 5.41) is 0.796. The topological polar surface area (TPSA) is 55.6 Å². The van der Waals surface area contributed by atoms with E-state index in [-0.39, 0.29) is 18.3 Å². The number of benzene rings is 2. The molecule has 2 N–H and O–H groups in total. The number of nitrogens with two attached hydrogens (primary N) is 1. The van der Waals surface area contributed by atoms with Gasteiger partial charge in [0.2, 0.25) is 0 Å². The third kappa shape index (κ3) is 4.75. The molecule has 7 heteroatoms. The van der Waals surface area contributed by atoms with Gasteiger partial charge in [-0.05, 0) is 42.5 Å². The predicted molar refractivity (Wildman–Crippen MR) is 97.4 cm³/mol. The molecule has 0 saturated carbocycles. The number of ether oxygens (including phenoxy) is 1. The number of hydrogen-bond donors (Lipinski definition) is 1. The highest BCUT2D eigenvalue weighted by molar-refractivity contribution is 6.37. The number of carbonyl (C=O) groups is 1. The maximum Gasteiger partial charge on any atom is 0.259 e. The zero-order chi connectivity index (χ0) is 16.1. The van der Waals surface area contributed by atoms with Crippen molar-refractivity contribution in [1.29, 1.82) is 0 Å². The largest absolute Gasteiger partial charge is 0.497 e. The number of hydrogen-bond acceptors (Lipinski definition) is 3. The molecule has 0 spiro atoms. The Labute approximate surface area is 151 Å². The molecule has 0 unspecified atom stereocenters. The van der Waals surface area contributed by atoms with Gasteiger partial charge in [0, 0.05) is 23.8 Å². The van der Waals surface area contributed by atoms with Crippen LogP contribution in [-0.2, 0) is 0 Å². The van der Waals surface area contributed by atoms with Gasteiger partial charge in [-0.1, -0.05) is 23.2 Å². The fourth-order valence-corrected chi connectivity index (χ4v) is 2.54. The third-order valence-electron chi connectivity index (χ3n) is 3.14. The summed E-state index contributed by atoms with van der Waals surface area (Å²) in [5.41, 5.74) is 6.74. The van der Waals surface area contributed by atoms with Gasteiger partial charge in [-0.15, -0.1) is 12.4 Å². The molecule has 124 valence electrons. The Morgan fingerprint density at radius 1 is 1.17 bits per heavy atom. The summed E-state index contributed by atoms with van der Waals surface area (Å²) in [5.74, 6) is 0.491. The van der Waals surface area contributed by atoms with Gasteiger partial charge in [-0.25, -0.2) is 0 Å². The van der Waals surface area contributed by atoms with E-state index >= 15 is 0 Å². The first-order valence-corrected chi connectivity index (χ1v) is 7.43. The van der Waals surface area contributed by atoms with Crippen LogP contribution in [0.1, 0.15) is 10.4 Å². The second-order valence-electron chi connectivity index (χ2n) is 4.57. The predicted octanol–water partition coefficient (Wildman–Crippen LogP) is 4.03. The molecule has 0 atom stereocenters. The minimum absolute atomic E-state index is 0. The van der Waals surface area contributed by atoms with E-state index in [1.165, 1.54) is 0 Å². The molecule has 0 radical (unpaired) electrons. The van der Waals surface area contributed by atoms with Gasteiger partial charge in [0.05, 0.1) is 17.7 Å². The van der Waals surface area contributed by atoms with Gasteiger partial charge < -0.3 is 15.4 Å². The van der Waals surface area contributed by atoms with Crippen molar-refractivity contribution in [3.63, 3.8) is 0 Å². The van der Waals surface area contributed by atoms with Crippen LogP contribution < -0.4 is 15.4 Å². The van der Waals surface area contributed by atoms with Gasteiger partial charge in [0.25, 0.3) is 5.91 Å². The van der Waals surface area contributed by atoms with Crippen LogP contribution in [0, 0.1) is 0 Å². The first-order chi connectivity index (χ1) is 10.6. The molecule has 0 fully saturated rings. The molecule has 0 aliphatic rings. The number of anilines is 1. The third-order valence-corrected chi connectivity index (χ3v) is 3.69. The number of amides is 1. The highest BCUT2D eigenvalue weighted by Gasteiger charge is 2.19. The second kappa shape index (κ2) is 8.99. The number of methoxy groups -OCH3 is 1. The molecule has 2 aromatic rings. The van der Waals surface area contributed by atoms with Crippen molar-refractivity contribution in [2.75, 3.05) is 25.1 Å². The van der Waals surface area contributed by atoms with Gasteiger partial charge in [-0.2, -0.15) is 0 Å². The van der Waals surface area contributed by atoms with E-state index < -0.39 is 0 Å². The molecular formula is C16H17Cl3N2O2. The van der Waals surface area contributed by atoms with Crippen molar-refractivity contribution in [2.24, 2.45) is 5.73 Å². The maximum atomic E-state index is 12.7. The minimum Gasteiger partial charge on any atom is -0.497 e. The van der Waals surface area contributed by atoms with Gasteiger partial charge >= 0.3 is 0 Å². The van der Waals surface area contributed by atoms with E-state index in [1.54, 1.807) is 54.5 Å². The molecule has 0 aromatic heterocycles. The normalized spacial score (nSPS) is 9.91. The lowest BCUT2D eigenvalue weighted by molar-refractivity contribution is 0.0987. The fraction of sp³-hybridized carbons (Fsp3) is 0.188. The van der Waals surface area contributed by atoms with E-state index in [1.807, 2.05) is 0 Å². The summed E-state index contributed by atoms with van der Waals surface area (Å²) in [4.78, 5) is 14.3. The Morgan fingerprint density at radius 3 is 2.35 bits per heavy atom. The Bertz CT molecular complexity index is 663. The van der Waals surface area contributed by atoms with Crippen molar-refractivity contribution in [3.8, 4) is 5.75 Å². The summed E-state index contributed by atoms with van der Waals surface area (Å²) >= 11 is 12.0. The molecule has 0 saturated heterocycles. The van der Waals surface area contributed by atoms with Gasteiger partial charge in [0.1, 0.15) is 5.75 Å². The molecule has 4 nitrogen and oxygen atoms in total. The van der Waals surface area contributed by atoms with Crippen LogP contribution in [-0.4, -0.2) is 26.1 Å². The number of halogens is 3. The van der Waals surface area contributed by atoms with Crippen LogP contribution in [0.25, 0.3) is 0 Å². The summed E-state index contributed by atoms with van der Waals surface area (Å²) in [6, 6.07) is 12.0. The van der Waals surface area contributed by atoms with Gasteiger partial charge in [-0.3, -0.25) is 4.79 Å². The van der Waals surface area contributed by atoms with E-state index in [9.17, 15) is 4.79 Å². The number of carbonyl (C=O) groups excluding carboxylic acids is 1. The van der Waals surface area contributed by atoms with E-state index in [4.69, 9.17) is 33.7 Å². The van der Waals surface area contributed by atoms with E-state index in [0.29, 0.717) is 34.4 Å². The summed E-state index contributed by atoms with van der Waals surface area (Å²) in [7, 11) is 1.59. The fourth-order valence-electron chi connectivity index (χ4n) is 2.05. The lowest BCUT2D eigenvalue weighted by Crippen LogP contribution is -2.35. The van der Waals surface area contributed by atoms with Crippen LogP contribution in [0.5, 0.6) is 5.75 Å². The standard InChI is InChI=1S/C16H16Cl2N2O2.ClH/c1-22-13-5-3-12(4-6-13)20(9-8-19)16(21)14-7-2-11(17)10-15(14)18;/h2-7,10H,8-9,19H2,1H3;1H. The first-order valence-electron chi connectivity index (χ1n) is 6.68. The number of rotatable bonds is 5. The maximum absolute atomic E-state index is 12.7. The highest BCUT2D eigenvalue weighted by atomic mass is 35.5. The Hall–Kier alpha value is -1.46. The Balaban J connectivity index is 0.00000264. The zero-order valence-corrected chi connectivity index (χ0v) is 14.8. The molecule has 23 heavy (non-hydrogen) atoms. The summed E-state index contributed by atoms with van der Waals surface area (Å²) in [6.07, 6.45) is 0. The molecule has 0 aliphatic heterocycles. The minimum atomic E-state index is -0.225. The van der Waals surface area contributed by atoms with Crippen molar-refractivity contribution in [3.05, 3.63) is 58.1 Å². The van der Waals surface area contributed by atoms with Crippen molar-refractivity contribution in [1.82, 2.24) is 0 Å².